The summed E-state index contributed by atoms with van der Waals surface area (Å²) in [6.07, 6.45) is 0. The van der Waals surface area contributed by atoms with Crippen LogP contribution in [-0.2, 0) is 4.79 Å². The van der Waals surface area contributed by atoms with Gasteiger partial charge in [-0.3, -0.25) is 4.79 Å². The Morgan fingerprint density at radius 2 is 1.58 bits per heavy atom. The zero-order valence-corrected chi connectivity index (χ0v) is 14.5. The Labute approximate surface area is 146 Å². The van der Waals surface area contributed by atoms with Crippen LogP contribution >= 0.6 is 11.6 Å². The normalized spacial score (nSPS) is 10.1. The summed E-state index contributed by atoms with van der Waals surface area (Å²) in [6, 6.07) is 12.5. The second kappa shape index (κ2) is 9.03. The first-order valence-corrected chi connectivity index (χ1v) is 8.19. The first-order valence-electron chi connectivity index (χ1n) is 7.81. The molecule has 0 aliphatic carbocycles. The minimum absolute atomic E-state index is 0.152. The maximum Gasteiger partial charge on any atom is 0.243 e. The first-order chi connectivity index (χ1) is 11.6. The van der Waals surface area contributed by atoms with Gasteiger partial charge in [-0.25, -0.2) is 0 Å². The molecule has 0 atom stereocenters. The zero-order valence-electron chi connectivity index (χ0n) is 13.8. The van der Waals surface area contributed by atoms with E-state index in [1.807, 2.05) is 26.0 Å². The van der Waals surface area contributed by atoms with Gasteiger partial charge in [0.25, 0.3) is 0 Å². The predicted octanol–water partition coefficient (Wildman–Crippen LogP) is 4.19. The van der Waals surface area contributed by atoms with Crippen LogP contribution in [0.5, 0.6) is 11.5 Å². The third kappa shape index (κ3) is 5.35. The van der Waals surface area contributed by atoms with E-state index in [-0.39, 0.29) is 12.5 Å². The van der Waals surface area contributed by atoms with E-state index in [4.69, 9.17) is 21.1 Å². The van der Waals surface area contributed by atoms with Crippen molar-refractivity contribution >= 4 is 28.9 Å². The average Bonchev–Trinajstić information content (AvgIpc) is 2.57. The number of benzene rings is 2. The Balaban J connectivity index is 1.95. The van der Waals surface area contributed by atoms with Crippen molar-refractivity contribution < 1.29 is 14.3 Å². The highest BCUT2D eigenvalue weighted by Gasteiger charge is 2.08. The lowest BCUT2D eigenvalue weighted by Crippen LogP contribution is -2.21. The van der Waals surface area contributed by atoms with Crippen molar-refractivity contribution in [2.75, 3.05) is 30.4 Å². The number of rotatable bonds is 8. The molecule has 1 amide bonds. The molecule has 2 N–H and O–H groups in total. The standard InChI is InChI=1S/C18H21ClN2O3/c1-3-23-16-10-9-15(11-17(16)24-4-2)21-18(22)12-20-14-7-5-13(19)6-8-14/h5-11,20H,3-4,12H2,1-2H3,(H,21,22). The molecule has 6 heteroatoms. The molecule has 128 valence electrons. The molecule has 0 fully saturated rings. The molecule has 0 spiro atoms. The highest BCUT2D eigenvalue weighted by molar-refractivity contribution is 6.30. The number of carbonyl (C=O) groups excluding carboxylic acids is 1. The van der Waals surface area contributed by atoms with Gasteiger partial charge in [-0.05, 0) is 50.2 Å². The lowest BCUT2D eigenvalue weighted by molar-refractivity contribution is -0.114. The summed E-state index contributed by atoms with van der Waals surface area (Å²) >= 11 is 5.83. The molecule has 0 aromatic heterocycles. The van der Waals surface area contributed by atoms with Crippen molar-refractivity contribution in [2.24, 2.45) is 0 Å². The molecule has 0 radical (unpaired) electrons. The molecule has 0 aliphatic heterocycles. The topological polar surface area (TPSA) is 59.6 Å². The number of halogens is 1. The van der Waals surface area contributed by atoms with Gasteiger partial charge in [0.2, 0.25) is 5.91 Å². The lowest BCUT2D eigenvalue weighted by atomic mass is 10.2. The summed E-state index contributed by atoms with van der Waals surface area (Å²) in [5.41, 5.74) is 1.49. The molecule has 0 unspecified atom stereocenters. The fourth-order valence-electron chi connectivity index (χ4n) is 2.08. The summed E-state index contributed by atoms with van der Waals surface area (Å²) in [4.78, 5) is 12.1. The van der Waals surface area contributed by atoms with Gasteiger partial charge in [-0.1, -0.05) is 11.6 Å². The van der Waals surface area contributed by atoms with Crippen LogP contribution in [0.3, 0.4) is 0 Å². The number of nitrogens with one attached hydrogen (secondary N) is 2. The van der Waals surface area contributed by atoms with Gasteiger partial charge in [-0.2, -0.15) is 0 Å². The number of anilines is 2. The maximum atomic E-state index is 12.1. The monoisotopic (exact) mass is 348 g/mol. The van der Waals surface area contributed by atoms with Crippen LogP contribution in [0.15, 0.2) is 42.5 Å². The Hall–Kier alpha value is -2.40. The minimum Gasteiger partial charge on any atom is -0.490 e. The van der Waals surface area contributed by atoms with E-state index in [9.17, 15) is 4.79 Å². The van der Waals surface area contributed by atoms with E-state index in [0.717, 1.165) is 5.69 Å². The zero-order chi connectivity index (χ0) is 17.4. The molecular formula is C18H21ClN2O3. The summed E-state index contributed by atoms with van der Waals surface area (Å²) in [6.45, 7) is 5.04. The third-order valence-electron chi connectivity index (χ3n) is 3.12. The van der Waals surface area contributed by atoms with Gasteiger partial charge in [0.1, 0.15) is 0 Å². The van der Waals surface area contributed by atoms with Crippen LogP contribution in [0.2, 0.25) is 5.02 Å². The van der Waals surface area contributed by atoms with Crippen LogP contribution in [0.25, 0.3) is 0 Å². The van der Waals surface area contributed by atoms with Crippen molar-refractivity contribution in [3.8, 4) is 11.5 Å². The lowest BCUT2D eigenvalue weighted by Gasteiger charge is -2.13. The minimum atomic E-state index is -0.156. The van der Waals surface area contributed by atoms with Crippen LogP contribution < -0.4 is 20.1 Å². The van der Waals surface area contributed by atoms with Crippen molar-refractivity contribution in [3.05, 3.63) is 47.5 Å². The molecule has 0 saturated heterocycles. The second-order valence-corrected chi connectivity index (χ2v) is 5.37. The molecular weight excluding hydrogens is 328 g/mol. The average molecular weight is 349 g/mol. The molecule has 24 heavy (non-hydrogen) atoms. The van der Waals surface area contributed by atoms with Crippen LogP contribution in [0, 0.1) is 0 Å². The number of hydrogen-bond acceptors (Lipinski definition) is 4. The Morgan fingerprint density at radius 1 is 0.958 bits per heavy atom. The highest BCUT2D eigenvalue weighted by Crippen LogP contribution is 2.30. The predicted molar refractivity (Wildman–Crippen MR) is 97.4 cm³/mol. The van der Waals surface area contributed by atoms with E-state index in [2.05, 4.69) is 10.6 Å². The molecule has 2 aromatic carbocycles. The van der Waals surface area contributed by atoms with E-state index < -0.39 is 0 Å². The number of carbonyl (C=O) groups is 1. The van der Waals surface area contributed by atoms with Crippen LogP contribution in [-0.4, -0.2) is 25.7 Å². The number of hydrogen-bond donors (Lipinski definition) is 2. The summed E-state index contributed by atoms with van der Waals surface area (Å²) in [7, 11) is 0. The summed E-state index contributed by atoms with van der Waals surface area (Å²) in [5.74, 6) is 1.12. The van der Waals surface area contributed by atoms with Crippen LogP contribution in [0.4, 0.5) is 11.4 Å². The van der Waals surface area contributed by atoms with E-state index in [1.54, 1.807) is 30.3 Å². The van der Waals surface area contributed by atoms with E-state index in [0.29, 0.717) is 35.4 Å². The van der Waals surface area contributed by atoms with Gasteiger partial charge in [-0.15, -0.1) is 0 Å². The molecule has 0 bridgehead atoms. The van der Waals surface area contributed by atoms with E-state index >= 15 is 0 Å². The molecule has 2 rings (SSSR count). The van der Waals surface area contributed by atoms with Crippen molar-refractivity contribution in [2.45, 2.75) is 13.8 Å². The van der Waals surface area contributed by atoms with Crippen LogP contribution in [0.1, 0.15) is 13.8 Å². The first kappa shape index (κ1) is 17.9. The molecule has 2 aromatic rings. The van der Waals surface area contributed by atoms with Gasteiger partial charge >= 0.3 is 0 Å². The Kier molecular flexibility index (Phi) is 6.75. The number of amides is 1. The van der Waals surface area contributed by atoms with Gasteiger partial charge in [0.05, 0.1) is 19.8 Å². The van der Waals surface area contributed by atoms with Crippen molar-refractivity contribution in [1.82, 2.24) is 0 Å². The molecule has 0 aliphatic rings. The fraction of sp³-hybridized carbons (Fsp3) is 0.278. The third-order valence-corrected chi connectivity index (χ3v) is 3.38. The highest BCUT2D eigenvalue weighted by atomic mass is 35.5. The molecule has 0 heterocycles. The smallest absolute Gasteiger partial charge is 0.243 e. The number of ether oxygens (including phenoxy) is 2. The summed E-state index contributed by atoms with van der Waals surface area (Å²) in [5, 5.41) is 6.52. The molecule has 5 nitrogen and oxygen atoms in total. The van der Waals surface area contributed by atoms with Crippen molar-refractivity contribution in [3.63, 3.8) is 0 Å². The van der Waals surface area contributed by atoms with Gasteiger partial charge in [0, 0.05) is 22.5 Å². The van der Waals surface area contributed by atoms with Gasteiger partial charge in [0.15, 0.2) is 11.5 Å². The van der Waals surface area contributed by atoms with Crippen molar-refractivity contribution in [1.29, 1.82) is 0 Å². The largest absolute Gasteiger partial charge is 0.490 e. The fourth-order valence-corrected chi connectivity index (χ4v) is 2.21. The quantitative estimate of drug-likeness (QED) is 0.751. The Bertz CT molecular complexity index is 674. The maximum absolute atomic E-state index is 12.1. The van der Waals surface area contributed by atoms with Gasteiger partial charge < -0.3 is 20.1 Å². The van der Waals surface area contributed by atoms with E-state index in [1.165, 1.54) is 0 Å². The summed E-state index contributed by atoms with van der Waals surface area (Å²) < 4.78 is 11.1. The second-order valence-electron chi connectivity index (χ2n) is 4.94. The Morgan fingerprint density at radius 3 is 2.25 bits per heavy atom. The molecule has 0 saturated carbocycles. The SMILES string of the molecule is CCOc1ccc(NC(=O)CNc2ccc(Cl)cc2)cc1OCC.